The van der Waals surface area contributed by atoms with Crippen LogP contribution in [0.15, 0.2) is 18.2 Å². The Labute approximate surface area is 72.4 Å². The van der Waals surface area contributed by atoms with Gasteiger partial charge in [0.1, 0.15) is 5.75 Å². The van der Waals surface area contributed by atoms with Crippen LogP contribution in [-0.4, -0.2) is 11.3 Å². The number of phenolic OH excluding ortho intramolecular Hbond substituents is 1. The van der Waals surface area contributed by atoms with E-state index in [9.17, 15) is 5.11 Å². The van der Waals surface area contributed by atoms with Gasteiger partial charge in [0.25, 0.3) is 0 Å². The molecule has 0 unspecified atom stereocenters. The predicted molar refractivity (Wildman–Crippen MR) is 50.0 cm³/mol. The predicted octanol–water partition coefficient (Wildman–Crippen LogP) is 2.34. The maximum atomic E-state index is 9.37. The summed E-state index contributed by atoms with van der Waals surface area (Å²) in [5.74, 6) is 0.205. The zero-order valence-corrected chi connectivity index (χ0v) is 7.17. The molecule has 2 nitrogen and oxygen atoms in total. The Morgan fingerprint density at radius 3 is 2.83 bits per heavy atom. The first-order valence-corrected chi connectivity index (χ1v) is 4.11. The van der Waals surface area contributed by atoms with Crippen molar-refractivity contribution in [1.82, 2.24) is 0 Å². The second-order valence-electron chi connectivity index (χ2n) is 2.74. The van der Waals surface area contributed by atoms with Crippen LogP contribution in [0.5, 0.6) is 5.75 Å². The third-order valence-corrected chi connectivity index (χ3v) is 1.84. The molecule has 1 rings (SSSR count). The van der Waals surface area contributed by atoms with Crippen molar-refractivity contribution in [3.05, 3.63) is 29.3 Å². The largest absolute Gasteiger partial charge is 0.507 e. The molecule has 0 bridgehead atoms. The lowest BCUT2D eigenvalue weighted by Crippen LogP contribution is -1.91. The first-order chi connectivity index (χ1) is 5.79. The smallest absolute Gasteiger partial charge is 0.124 e. The number of aryl methyl sites for hydroxylation is 1. The fraction of sp³-hybridized carbons (Fsp3) is 0.300. The third kappa shape index (κ3) is 1.64. The van der Waals surface area contributed by atoms with Crippen molar-refractivity contribution >= 4 is 6.21 Å². The van der Waals surface area contributed by atoms with Gasteiger partial charge in [-0.15, -0.1) is 0 Å². The van der Waals surface area contributed by atoms with Crippen molar-refractivity contribution < 1.29 is 5.11 Å². The van der Waals surface area contributed by atoms with Crippen LogP contribution in [0.3, 0.4) is 0 Å². The Morgan fingerprint density at radius 1 is 1.50 bits per heavy atom. The number of hydrogen-bond donors (Lipinski definition) is 2. The molecule has 64 valence electrons. The van der Waals surface area contributed by atoms with Gasteiger partial charge in [-0.3, -0.25) is 0 Å². The van der Waals surface area contributed by atoms with Crippen molar-refractivity contribution in [2.45, 2.75) is 19.8 Å². The van der Waals surface area contributed by atoms with Gasteiger partial charge in [0, 0.05) is 11.8 Å². The Hall–Kier alpha value is -1.31. The Balaban J connectivity index is 3.09. The van der Waals surface area contributed by atoms with E-state index in [4.69, 9.17) is 5.41 Å². The average molecular weight is 163 g/mol. The molecular weight excluding hydrogens is 150 g/mol. The van der Waals surface area contributed by atoms with Crippen LogP contribution in [0.2, 0.25) is 0 Å². The van der Waals surface area contributed by atoms with Crippen molar-refractivity contribution in [1.29, 1.82) is 5.41 Å². The summed E-state index contributed by atoms with van der Waals surface area (Å²) >= 11 is 0. The van der Waals surface area contributed by atoms with E-state index in [2.05, 4.69) is 6.92 Å². The quantitative estimate of drug-likeness (QED) is 0.660. The second kappa shape index (κ2) is 3.90. The molecule has 1 aromatic carbocycles. The summed E-state index contributed by atoms with van der Waals surface area (Å²) in [4.78, 5) is 0. The lowest BCUT2D eigenvalue weighted by molar-refractivity contribution is 0.473. The minimum absolute atomic E-state index is 0.205. The zero-order valence-electron chi connectivity index (χ0n) is 7.17. The van der Waals surface area contributed by atoms with Gasteiger partial charge in [-0.25, -0.2) is 0 Å². The van der Waals surface area contributed by atoms with Gasteiger partial charge in [-0.2, -0.15) is 0 Å². The molecule has 0 aliphatic heterocycles. The lowest BCUT2D eigenvalue weighted by Gasteiger charge is -2.04. The normalized spacial score (nSPS) is 9.75. The minimum Gasteiger partial charge on any atom is -0.507 e. The van der Waals surface area contributed by atoms with Crippen molar-refractivity contribution in [3.63, 3.8) is 0 Å². The topological polar surface area (TPSA) is 44.1 Å². The van der Waals surface area contributed by atoms with E-state index in [0.29, 0.717) is 5.56 Å². The molecule has 0 saturated heterocycles. The molecule has 0 aromatic heterocycles. The standard InChI is InChI=1S/C10H13NO/c1-2-4-8-5-3-6-10(12)9(8)7-11/h3,5-7,11-12H,2,4H2,1H3. The lowest BCUT2D eigenvalue weighted by atomic mass is 10.0. The summed E-state index contributed by atoms with van der Waals surface area (Å²) in [5.41, 5.74) is 1.70. The first-order valence-electron chi connectivity index (χ1n) is 4.11. The highest BCUT2D eigenvalue weighted by atomic mass is 16.3. The monoisotopic (exact) mass is 163 g/mol. The highest BCUT2D eigenvalue weighted by molar-refractivity contribution is 5.83. The van der Waals surface area contributed by atoms with Crippen LogP contribution >= 0.6 is 0 Å². The molecule has 0 heterocycles. The number of phenols is 1. The van der Waals surface area contributed by atoms with Crippen molar-refractivity contribution in [2.75, 3.05) is 0 Å². The van der Waals surface area contributed by atoms with Crippen LogP contribution in [0, 0.1) is 5.41 Å². The Bertz CT molecular complexity index is 281. The fourth-order valence-corrected chi connectivity index (χ4v) is 1.25. The van der Waals surface area contributed by atoms with E-state index in [1.165, 1.54) is 6.21 Å². The third-order valence-electron chi connectivity index (χ3n) is 1.84. The molecule has 0 saturated carbocycles. The second-order valence-corrected chi connectivity index (χ2v) is 2.74. The van der Waals surface area contributed by atoms with E-state index in [-0.39, 0.29) is 5.75 Å². The average Bonchev–Trinajstić information content (AvgIpc) is 2.05. The molecule has 0 radical (unpaired) electrons. The minimum atomic E-state index is 0.205. The van der Waals surface area contributed by atoms with Crippen LogP contribution in [0.4, 0.5) is 0 Å². The maximum Gasteiger partial charge on any atom is 0.124 e. The Morgan fingerprint density at radius 2 is 2.25 bits per heavy atom. The van der Waals surface area contributed by atoms with Crippen molar-refractivity contribution in [3.8, 4) is 5.75 Å². The number of rotatable bonds is 3. The molecule has 12 heavy (non-hydrogen) atoms. The fourth-order valence-electron chi connectivity index (χ4n) is 1.25. The van der Waals surface area contributed by atoms with Crippen LogP contribution in [-0.2, 0) is 6.42 Å². The van der Waals surface area contributed by atoms with Gasteiger partial charge in [0.2, 0.25) is 0 Å². The number of benzene rings is 1. The van der Waals surface area contributed by atoms with Gasteiger partial charge in [0.15, 0.2) is 0 Å². The van der Waals surface area contributed by atoms with Crippen molar-refractivity contribution in [2.24, 2.45) is 0 Å². The van der Waals surface area contributed by atoms with E-state index >= 15 is 0 Å². The molecular formula is C10H13NO. The summed E-state index contributed by atoms with van der Waals surface area (Å²) in [7, 11) is 0. The summed E-state index contributed by atoms with van der Waals surface area (Å²) in [6.45, 7) is 2.08. The van der Waals surface area contributed by atoms with Gasteiger partial charge < -0.3 is 10.5 Å². The Kier molecular flexibility index (Phi) is 2.86. The summed E-state index contributed by atoms with van der Waals surface area (Å²) in [6, 6.07) is 5.37. The summed E-state index contributed by atoms with van der Waals surface area (Å²) < 4.78 is 0. The van der Waals surface area contributed by atoms with E-state index in [0.717, 1.165) is 18.4 Å². The van der Waals surface area contributed by atoms with Crippen LogP contribution in [0.1, 0.15) is 24.5 Å². The SMILES string of the molecule is CCCc1cccc(O)c1C=N. The number of nitrogens with one attached hydrogen (secondary N) is 1. The number of aromatic hydroxyl groups is 1. The molecule has 0 aliphatic carbocycles. The molecule has 0 fully saturated rings. The van der Waals surface area contributed by atoms with Gasteiger partial charge >= 0.3 is 0 Å². The summed E-state index contributed by atoms with van der Waals surface area (Å²) in [5, 5.41) is 16.5. The van der Waals surface area contributed by atoms with Gasteiger partial charge in [-0.1, -0.05) is 25.5 Å². The molecule has 0 aliphatic rings. The van der Waals surface area contributed by atoms with Gasteiger partial charge in [0.05, 0.1) is 0 Å². The summed E-state index contributed by atoms with van der Waals surface area (Å²) in [6.07, 6.45) is 3.16. The molecule has 1 aromatic rings. The van der Waals surface area contributed by atoms with E-state index < -0.39 is 0 Å². The van der Waals surface area contributed by atoms with E-state index in [1.807, 2.05) is 12.1 Å². The molecule has 2 heteroatoms. The molecule has 2 N–H and O–H groups in total. The number of hydrogen-bond acceptors (Lipinski definition) is 2. The molecule has 0 amide bonds. The highest BCUT2D eigenvalue weighted by Gasteiger charge is 2.02. The zero-order chi connectivity index (χ0) is 8.97. The maximum absolute atomic E-state index is 9.37. The molecule has 0 atom stereocenters. The highest BCUT2D eigenvalue weighted by Crippen LogP contribution is 2.19. The molecule has 0 spiro atoms. The van der Waals surface area contributed by atoms with Gasteiger partial charge in [-0.05, 0) is 18.1 Å². The first kappa shape index (κ1) is 8.78. The van der Waals surface area contributed by atoms with Crippen LogP contribution in [0.25, 0.3) is 0 Å². The van der Waals surface area contributed by atoms with E-state index in [1.54, 1.807) is 6.07 Å². The van der Waals surface area contributed by atoms with Crippen LogP contribution < -0.4 is 0 Å².